The second-order valence-corrected chi connectivity index (χ2v) is 30.1. The summed E-state index contributed by atoms with van der Waals surface area (Å²) in [4.78, 5) is 129. The summed E-state index contributed by atoms with van der Waals surface area (Å²) in [6.07, 6.45) is -2.59. The molecule has 3 amide bonds. The monoisotopic (exact) mass is 1870 g/mol. The molecule has 0 fully saturated rings. The number of rotatable bonds is 34. The van der Waals surface area contributed by atoms with Crippen molar-refractivity contribution in [1.29, 1.82) is 0 Å². The van der Waals surface area contributed by atoms with Crippen LogP contribution in [0.25, 0.3) is 0 Å². The van der Waals surface area contributed by atoms with Crippen molar-refractivity contribution in [2.75, 3.05) is 75.4 Å². The number of aliphatic carboxylic acids is 1. The van der Waals surface area contributed by atoms with Gasteiger partial charge in [0.05, 0.1) is 112 Å². The van der Waals surface area contributed by atoms with Gasteiger partial charge in [0.2, 0.25) is 0 Å². The fraction of sp³-hybridized carbons (Fsp3) is 0.415. The number of aliphatic hydroxyl groups is 2. The molecule has 0 saturated carbocycles. The first-order valence-electron chi connectivity index (χ1n) is 36.8. The highest BCUT2D eigenvalue weighted by Gasteiger charge is 2.30. The molecule has 0 saturated heterocycles. The van der Waals surface area contributed by atoms with Gasteiger partial charge >= 0.3 is 66.0 Å². The second-order valence-electron chi connectivity index (χ2n) is 27.5. The number of carbonyl (C=O) groups excluding carboxylic acids is 10. The Balaban J connectivity index is 0. The number of carboxylic acid groups (broad SMARTS) is 1. The molecule has 6 aromatic rings. The minimum atomic E-state index is -1.33. The summed E-state index contributed by atoms with van der Waals surface area (Å²) < 4.78 is 49.8. The summed E-state index contributed by atoms with van der Waals surface area (Å²) in [6.45, 7) is 20.4. The number of halogens is 7. The van der Waals surface area contributed by atoms with E-state index in [2.05, 4.69) is 36.6 Å². The number of benzene rings is 6. The molecule has 0 aliphatic rings. The lowest BCUT2D eigenvalue weighted by molar-refractivity contribution is -0.153. The summed E-state index contributed by atoms with van der Waals surface area (Å²) in [5, 5.41) is 47.4. The van der Waals surface area contributed by atoms with Gasteiger partial charge in [-0.3, -0.25) is 19.2 Å². The Morgan fingerprint density at radius 1 is 0.402 bits per heavy atom. The summed E-state index contributed by atoms with van der Waals surface area (Å²) in [7, 11) is 0. The zero-order valence-corrected chi connectivity index (χ0v) is 74.8. The molecule has 0 spiro atoms. The number of nitrogens with two attached hydrogens (primary N) is 1. The molecule has 0 aliphatic heterocycles. The molecule has 0 heterocycles. The van der Waals surface area contributed by atoms with Gasteiger partial charge in [-0.05, 0) is 161 Å². The highest BCUT2D eigenvalue weighted by molar-refractivity contribution is 7.78. The summed E-state index contributed by atoms with van der Waals surface area (Å²) in [5.41, 5.74) is 10.2. The first kappa shape index (κ1) is 112. The minimum Gasteiger partial charge on any atom is -0.480 e. The van der Waals surface area contributed by atoms with Crippen LogP contribution in [0.4, 0.5) is 48.5 Å². The number of anilines is 6. The zero-order valence-electron chi connectivity index (χ0n) is 68.7. The van der Waals surface area contributed by atoms with Gasteiger partial charge in [-0.15, -0.1) is 12.4 Å². The van der Waals surface area contributed by atoms with Gasteiger partial charge in [0.15, 0.2) is 24.2 Å². The molecule has 6 aromatic carbocycles. The quantitative estimate of drug-likeness (QED) is 0.0102. The number of nitrogens with one attached hydrogen (secondary N) is 7. The predicted octanol–water partition coefficient (Wildman–Crippen LogP) is 15.0. The smallest absolute Gasteiger partial charge is 0.408 e. The summed E-state index contributed by atoms with van der Waals surface area (Å²) in [6, 6.07) is 31.4. The Kier molecular flexibility index (Phi) is 53.5. The van der Waals surface area contributed by atoms with Crippen molar-refractivity contribution in [2.24, 2.45) is 5.73 Å². The Morgan fingerprint density at radius 2 is 0.664 bits per heavy atom. The molecule has 6 rings (SSSR count). The molecule has 5 unspecified atom stereocenters. The number of esters is 7. The average Bonchev–Trinajstić information content (AvgIpc) is 0.841. The van der Waals surface area contributed by atoms with Gasteiger partial charge in [0.1, 0.15) is 42.7 Å². The number of aliphatic hydroxyl groups excluding tert-OH is 2. The van der Waals surface area contributed by atoms with Crippen LogP contribution < -0.4 is 43.0 Å². The third-order valence-electron chi connectivity index (χ3n) is 14.3. The van der Waals surface area contributed by atoms with Gasteiger partial charge in [0, 0.05) is 18.5 Å². The van der Waals surface area contributed by atoms with Gasteiger partial charge in [0.25, 0.3) is 0 Å². The van der Waals surface area contributed by atoms with E-state index in [1.54, 1.807) is 205 Å². The number of hydrogen-bond donors (Lipinski definition) is 11. The van der Waals surface area contributed by atoms with Crippen LogP contribution in [0, 0.1) is 0 Å². The van der Waals surface area contributed by atoms with Crippen molar-refractivity contribution in [2.45, 2.75) is 164 Å². The number of para-hydroxylation sites is 6. The minimum absolute atomic E-state index is 0. The summed E-state index contributed by atoms with van der Waals surface area (Å²) in [5.74, 6) is -5.53. The van der Waals surface area contributed by atoms with E-state index >= 15 is 0 Å². The Morgan fingerprint density at radius 3 is 0.951 bits per heavy atom. The number of carbonyl (C=O) groups is 11. The second kappa shape index (κ2) is 58.2. The lowest BCUT2D eigenvalue weighted by Crippen LogP contribution is -2.47. The molecule has 0 bridgehead atoms. The largest absolute Gasteiger partial charge is 0.480 e. The molecular weight excluding hydrogens is 1760 g/mol. The van der Waals surface area contributed by atoms with Gasteiger partial charge < -0.3 is 106 Å². The molecular formula is C82H109Cl7N8O24S. The van der Waals surface area contributed by atoms with E-state index in [-0.39, 0.29) is 80.2 Å². The van der Waals surface area contributed by atoms with Gasteiger partial charge in [-0.25, -0.2) is 33.6 Å². The topological polar surface area (TPSA) is 451 Å². The normalized spacial score (nSPS) is 11.7. The van der Waals surface area contributed by atoms with Crippen molar-refractivity contribution >= 4 is 200 Å². The number of thiocarbonyl (C=S) groups is 1. The predicted molar refractivity (Wildman–Crippen MR) is 475 cm³/mol. The molecule has 0 aromatic heterocycles. The molecule has 5 atom stereocenters. The average molecular weight is 1870 g/mol. The van der Waals surface area contributed by atoms with Crippen LogP contribution in [0.2, 0.25) is 30.1 Å². The molecule has 0 aliphatic carbocycles. The first-order valence-corrected chi connectivity index (χ1v) is 39.6. The van der Waals surface area contributed by atoms with Crippen LogP contribution in [0.5, 0.6) is 0 Å². The number of amides is 3. The van der Waals surface area contributed by atoms with E-state index in [9.17, 15) is 52.7 Å². The van der Waals surface area contributed by atoms with Crippen molar-refractivity contribution in [3.63, 3.8) is 0 Å². The van der Waals surface area contributed by atoms with Crippen molar-refractivity contribution in [1.82, 2.24) is 21.3 Å². The fourth-order valence-corrected chi connectivity index (χ4v) is 10.6. The number of carboxylic acids is 1. The van der Waals surface area contributed by atoms with Gasteiger partial charge in [-0.2, -0.15) is 0 Å². The number of ether oxygens (including phenoxy) is 10. The Hall–Kier alpha value is -9.91. The van der Waals surface area contributed by atoms with Crippen molar-refractivity contribution in [3.8, 4) is 0 Å². The van der Waals surface area contributed by atoms with Crippen molar-refractivity contribution < 1.29 is 117 Å². The fourth-order valence-electron chi connectivity index (χ4n) is 8.99. The molecule has 32 nitrogen and oxygen atoms in total. The Bertz CT molecular complexity index is 4310. The maximum absolute atomic E-state index is 12.6. The third-order valence-corrected chi connectivity index (χ3v) is 16.3. The van der Waals surface area contributed by atoms with Crippen LogP contribution in [-0.4, -0.2) is 193 Å². The van der Waals surface area contributed by atoms with E-state index in [1.807, 2.05) is 17.4 Å². The molecule has 122 heavy (non-hydrogen) atoms. The van der Waals surface area contributed by atoms with E-state index in [0.29, 0.717) is 81.0 Å². The van der Waals surface area contributed by atoms with Crippen LogP contribution >= 0.6 is 94.2 Å². The van der Waals surface area contributed by atoms with Crippen LogP contribution in [0.3, 0.4) is 0 Å². The SMILES string of the molecule is C.CC(C)(C)OC(=O)NC(CO)C(=O)O.CCOC(=O)C(CO)NC(=O)OC(C)(C)C.CCOC(=O)C(COC(=O)Cc1ccccc1Nc1c(Cl)cccc1Cl)NC(=O)OC(C)(C)C.CCOC(=O)C(COC(=O)Cc1ccccc1Nc1c(Cl)cccc1Cl)NC=S.CCOC(=O)C(N)COC(=O)Cc1ccccc1Nc1c(Cl)cccc1Cl.Cl.[HH]. The lowest BCUT2D eigenvalue weighted by atomic mass is 10.1. The molecule has 40 heteroatoms. The highest BCUT2D eigenvalue weighted by Crippen LogP contribution is 2.37. The standard InChI is InChI=1S/C24H28Cl2N2O6.C20H20Cl2N2O4S.C19H20Cl2N2O4.C10H19NO5.C8H15NO5.CH4.ClH.H2/c1-5-32-22(30)19(28-23(31)34-24(2,3)4)14-33-20(29)13-15-9-6-7-12-18(15)27-21-16(25)10-8-11-17(21)26;1-2-27-20(26)17(23-12-29)11-28-18(25)10-13-6-3-4-9-16(13)24-19-14(21)7-5-8-15(19)22;1-2-26-19(25)15(22)11-27-17(24)10-12-6-3-4-9-16(12)23-18-13(20)7-5-8-14(18)21;1-5-15-8(13)7(6-12)11-9(14)16-10(2,3)4;1-8(2,3)14-7(13)9-5(4-10)6(11)12;;;/h6-12,19,27H,5,13-14H2,1-4H3,(H,28,31);3-9,12,17,24H,2,10-11H2,1H3,(H,23,29);3-9,15,23H,2,10-11,22H2,1H3;7,12H,5-6H2,1-4H3,(H,11,14);5,10H,4H2,1-3H3,(H,9,13)(H,11,12);1H4;2*1H. The van der Waals surface area contributed by atoms with E-state index < -0.39 is 133 Å². The van der Waals surface area contributed by atoms with Crippen molar-refractivity contribution in [3.05, 3.63) is 174 Å². The molecule has 676 valence electrons. The third kappa shape index (κ3) is 45.3. The molecule has 0 radical (unpaired) electrons. The number of hydrogen-bond acceptors (Lipinski definition) is 28. The van der Waals surface area contributed by atoms with Gasteiger partial charge in [-0.1, -0.05) is 162 Å². The zero-order chi connectivity index (χ0) is 90.5. The van der Waals surface area contributed by atoms with E-state index in [0.717, 1.165) is 0 Å². The van der Waals surface area contributed by atoms with E-state index in [4.69, 9.17) is 146 Å². The van der Waals surface area contributed by atoms with Crippen LogP contribution in [0.15, 0.2) is 127 Å². The van der Waals surface area contributed by atoms with Crippen LogP contribution in [-0.2, 0) is 105 Å². The lowest BCUT2D eigenvalue weighted by Gasteiger charge is -2.22. The number of alkyl carbamates (subject to hydrolysis) is 3. The first-order chi connectivity index (χ1) is 56.4. The molecule has 12 N–H and O–H groups in total. The maximum atomic E-state index is 12.6. The Labute approximate surface area is 752 Å². The van der Waals surface area contributed by atoms with E-state index in [1.165, 1.54) is 5.49 Å². The van der Waals surface area contributed by atoms with Crippen LogP contribution in [0.1, 0.15) is 116 Å². The maximum Gasteiger partial charge on any atom is 0.408 e. The highest BCUT2D eigenvalue weighted by atomic mass is 35.5. The summed E-state index contributed by atoms with van der Waals surface area (Å²) >= 11 is 41.9.